The smallest absolute Gasteiger partial charge is 0.339 e. The molecule has 0 radical (unpaired) electrons. The van der Waals surface area contributed by atoms with Crippen molar-refractivity contribution in [2.45, 2.75) is 6.42 Å². The molecule has 19 heavy (non-hydrogen) atoms. The van der Waals surface area contributed by atoms with Gasteiger partial charge in [0.2, 0.25) is 0 Å². The van der Waals surface area contributed by atoms with E-state index in [1.54, 1.807) is 0 Å². The second-order valence-corrected chi connectivity index (χ2v) is 4.15. The topological polar surface area (TPSA) is 46.5 Å². The minimum atomic E-state index is -0.463. The van der Waals surface area contributed by atoms with Gasteiger partial charge >= 0.3 is 5.97 Å². The normalized spacial score (nSPS) is 9.89. The van der Waals surface area contributed by atoms with Gasteiger partial charge < -0.3 is 9.84 Å². The molecule has 0 saturated heterocycles. The Bertz CT molecular complexity index is 571. The molecule has 3 heteroatoms. The van der Waals surface area contributed by atoms with Crippen LogP contribution >= 0.6 is 0 Å². The molecule has 0 amide bonds. The molecule has 3 nitrogen and oxygen atoms in total. The molecule has 2 rings (SSSR count). The zero-order chi connectivity index (χ0) is 13.7. The zero-order valence-electron chi connectivity index (χ0n) is 10.4. The lowest BCUT2D eigenvalue weighted by Gasteiger charge is -2.07. The first-order valence-electron chi connectivity index (χ1n) is 5.88. The minimum absolute atomic E-state index is 0.128. The summed E-state index contributed by atoms with van der Waals surface area (Å²) in [4.78, 5) is 11.8. The van der Waals surface area contributed by atoms with Gasteiger partial charge in [-0.25, -0.2) is 4.79 Å². The van der Waals surface area contributed by atoms with Crippen molar-refractivity contribution in [2.75, 3.05) is 0 Å². The van der Waals surface area contributed by atoms with Crippen LogP contribution in [0.5, 0.6) is 11.5 Å². The summed E-state index contributed by atoms with van der Waals surface area (Å²) in [5, 5.41) is 9.14. The van der Waals surface area contributed by atoms with Crippen LogP contribution in [0.1, 0.15) is 5.56 Å². The fraction of sp³-hybridized carbons (Fsp3) is 0.0625. The molecule has 0 spiro atoms. The second-order valence-electron chi connectivity index (χ2n) is 4.15. The highest BCUT2D eigenvalue weighted by Crippen LogP contribution is 2.17. The molecule has 0 fully saturated rings. The largest absolute Gasteiger partial charge is 0.508 e. The highest BCUT2D eigenvalue weighted by molar-refractivity contribution is 5.89. The zero-order valence-corrected chi connectivity index (χ0v) is 10.4. The molecular weight excluding hydrogens is 240 g/mol. The summed E-state index contributed by atoms with van der Waals surface area (Å²) in [6.07, 6.45) is 0.456. The van der Waals surface area contributed by atoms with Crippen molar-refractivity contribution in [1.82, 2.24) is 0 Å². The van der Waals surface area contributed by atoms with E-state index in [1.165, 1.54) is 24.3 Å². The summed E-state index contributed by atoms with van der Waals surface area (Å²) >= 11 is 0. The summed E-state index contributed by atoms with van der Waals surface area (Å²) in [5.74, 6) is 0.0504. The Morgan fingerprint density at radius 1 is 1.05 bits per heavy atom. The van der Waals surface area contributed by atoms with Crippen LogP contribution in [0.25, 0.3) is 0 Å². The van der Waals surface area contributed by atoms with Gasteiger partial charge in [-0.15, -0.1) is 0 Å². The van der Waals surface area contributed by atoms with Gasteiger partial charge in [-0.3, -0.25) is 0 Å². The van der Waals surface area contributed by atoms with Crippen molar-refractivity contribution >= 4 is 5.97 Å². The lowest BCUT2D eigenvalue weighted by molar-refractivity contribution is -0.130. The van der Waals surface area contributed by atoms with Crippen molar-refractivity contribution in [2.24, 2.45) is 0 Å². The van der Waals surface area contributed by atoms with Gasteiger partial charge in [-0.2, -0.15) is 0 Å². The van der Waals surface area contributed by atoms with Crippen molar-refractivity contribution in [3.05, 3.63) is 72.3 Å². The number of aromatic hydroxyl groups is 1. The minimum Gasteiger partial charge on any atom is -0.508 e. The van der Waals surface area contributed by atoms with Gasteiger partial charge in [-0.1, -0.05) is 36.9 Å². The number of ether oxygens (including phenoxy) is 1. The third-order valence-electron chi connectivity index (χ3n) is 2.60. The number of rotatable bonds is 4. The van der Waals surface area contributed by atoms with Crippen LogP contribution in [0.4, 0.5) is 0 Å². The van der Waals surface area contributed by atoms with E-state index < -0.39 is 5.97 Å². The molecule has 2 aromatic carbocycles. The summed E-state index contributed by atoms with van der Waals surface area (Å²) in [6, 6.07) is 15.6. The van der Waals surface area contributed by atoms with Gasteiger partial charge in [0.1, 0.15) is 11.5 Å². The number of phenolic OH excluding ortho intramolecular Hbond substituents is 1. The Morgan fingerprint density at radius 2 is 1.68 bits per heavy atom. The Morgan fingerprint density at radius 3 is 2.32 bits per heavy atom. The number of hydrogen-bond donors (Lipinski definition) is 1. The standard InChI is InChI=1S/C16H14O3/c1-12(11-13-5-3-2-4-6-13)16(18)19-15-9-7-14(17)8-10-15/h2-10,17H,1,11H2. The highest BCUT2D eigenvalue weighted by atomic mass is 16.5. The number of carbonyl (C=O) groups excluding carboxylic acids is 1. The first kappa shape index (κ1) is 12.9. The van der Waals surface area contributed by atoms with E-state index in [0.717, 1.165) is 5.56 Å². The Balaban J connectivity index is 1.96. The molecule has 0 aliphatic carbocycles. The van der Waals surface area contributed by atoms with Gasteiger partial charge in [0.05, 0.1) is 0 Å². The lowest BCUT2D eigenvalue weighted by atomic mass is 10.1. The quantitative estimate of drug-likeness (QED) is 0.518. The van der Waals surface area contributed by atoms with Crippen molar-refractivity contribution in [3.63, 3.8) is 0 Å². The Labute approximate surface area is 111 Å². The maximum Gasteiger partial charge on any atom is 0.339 e. The molecular formula is C16H14O3. The van der Waals surface area contributed by atoms with Crippen LogP contribution in [-0.4, -0.2) is 11.1 Å². The van der Waals surface area contributed by atoms with E-state index in [4.69, 9.17) is 9.84 Å². The monoisotopic (exact) mass is 254 g/mol. The molecule has 2 aromatic rings. The van der Waals surface area contributed by atoms with E-state index in [0.29, 0.717) is 17.7 Å². The van der Waals surface area contributed by atoms with Crippen LogP contribution < -0.4 is 4.74 Å². The van der Waals surface area contributed by atoms with E-state index in [-0.39, 0.29) is 5.75 Å². The van der Waals surface area contributed by atoms with Crippen molar-refractivity contribution in [3.8, 4) is 11.5 Å². The van der Waals surface area contributed by atoms with E-state index in [1.807, 2.05) is 30.3 Å². The predicted molar refractivity (Wildman–Crippen MR) is 73.0 cm³/mol. The fourth-order valence-electron chi connectivity index (χ4n) is 1.61. The maximum atomic E-state index is 11.8. The summed E-state index contributed by atoms with van der Waals surface area (Å²) in [7, 11) is 0. The molecule has 1 N–H and O–H groups in total. The summed E-state index contributed by atoms with van der Waals surface area (Å²) < 4.78 is 5.15. The predicted octanol–water partition coefficient (Wildman–Crippen LogP) is 3.10. The molecule has 96 valence electrons. The second kappa shape index (κ2) is 5.87. The number of phenols is 1. The van der Waals surface area contributed by atoms with Crippen LogP contribution in [0.15, 0.2) is 66.7 Å². The van der Waals surface area contributed by atoms with E-state index >= 15 is 0 Å². The van der Waals surface area contributed by atoms with E-state index in [9.17, 15) is 4.79 Å². The molecule has 0 heterocycles. The van der Waals surface area contributed by atoms with Crippen LogP contribution in [0.2, 0.25) is 0 Å². The molecule has 0 atom stereocenters. The van der Waals surface area contributed by atoms with Crippen molar-refractivity contribution in [1.29, 1.82) is 0 Å². The molecule has 0 unspecified atom stereocenters. The molecule has 0 bridgehead atoms. The Hall–Kier alpha value is -2.55. The summed E-state index contributed by atoms with van der Waals surface area (Å²) in [6.45, 7) is 3.74. The molecule has 0 aromatic heterocycles. The molecule has 0 aliphatic rings. The van der Waals surface area contributed by atoms with Gasteiger partial charge in [0.25, 0.3) is 0 Å². The maximum absolute atomic E-state index is 11.8. The number of carbonyl (C=O) groups is 1. The van der Waals surface area contributed by atoms with Gasteiger partial charge in [0.15, 0.2) is 0 Å². The third-order valence-corrected chi connectivity index (χ3v) is 2.60. The van der Waals surface area contributed by atoms with Crippen LogP contribution in [-0.2, 0) is 11.2 Å². The van der Waals surface area contributed by atoms with Crippen molar-refractivity contribution < 1.29 is 14.6 Å². The first-order valence-corrected chi connectivity index (χ1v) is 5.88. The lowest BCUT2D eigenvalue weighted by Crippen LogP contribution is -2.12. The molecule has 0 aliphatic heterocycles. The number of benzene rings is 2. The number of hydrogen-bond acceptors (Lipinski definition) is 3. The average molecular weight is 254 g/mol. The SMILES string of the molecule is C=C(Cc1ccccc1)C(=O)Oc1ccc(O)cc1. The van der Waals surface area contributed by atoms with Crippen LogP contribution in [0.3, 0.4) is 0 Å². The third kappa shape index (κ3) is 3.71. The molecule has 0 saturated carbocycles. The first-order chi connectivity index (χ1) is 9.15. The van der Waals surface area contributed by atoms with Gasteiger partial charge in [-0.05, 0) is 29.8 Å². The number of esters is 1. The van der Waals surface area contributed by atoms with Crippen LogP contribution in [0, 0.1) is 0 Å². The Kier molecular flexibility index (Phi) is 3.98. The van der Waals surface area contributed by atoms with E-state index in [2.05, 4.69) is 6.58 Å². The fourth-order valence-corrected chi connectivity index (χ4v) is 1.61. The highest BCUT2D eigenvalue weighted by Gasteiger charge is 2.10. The average Bonchev–Trinajstić information content (AvgIpc) is 2.42. The summed E-state index contributed by atoms with van der Waals surface area (Å²) in [5.41, 5.74) is 1.40. The van der Waals surface area contributed by atoms with Gasteiger partial charge in [0, 0.05) is 12.0 Å².